The molecule has 0 amide bonds. The lowest BCUT2D eigenvalue weighted by atomic mass is 9.95. The van der Waals surface area contributed by atoms with Crippen molar-refractivity contribution in [2.45, 2.75) is 38.1 Å². The van der Waals surface area contributed by atoms with Gasteiger partial charge in [0, 0.05) is 24.0 Å². The van der Waals surface area contributed by atoms with E-state index in [0.717, 1.165) is 11.3 Å². The Morgan fingerprint density at radius 2 is 1.95 bits per heavy atom. The second-order valence-electron chi connectivity index (χ2n) is 5.21. The molecular weight excluding hydrogens is 251 g/mol. The molecular formula is C17H17FN2. The molecule has 102 valence electrons. The molecule has 3 heteroatoms. The molecule has 1 aliphatic carbocycles. The fourth-order valence-electron chi connectivity index (χ4n) is 2.76. The third-order valence-electron chi connectivity index (χ3n) is 3.81. The first kappa shape index (κ1) is 12.9. The molecule has 0 aromatic carbocycles. The molecule has 1 aliphatic rings. The van der Waals surface area contributed by atoms with Crippen LogP contribution in [0.5, 0.6) is 0 Å². The average Bonchev–Trinajstić information content (AvgIpc) is 2.96. The van der Waals surface area contributed by atoms with Crippen LogP contribution < -0.4 is 0 Å². The van der Waals surface area contributed by atoms with E-state index in [1.807, 2.05) is 12.1 Å². The van der Waals surface area contributed by atoms with Crippen LogP contribution in [0.25, 0.3) is 0 Å². The summed E-state index contributed by atoms with van der Waals surface area (Å²) in [6, 6.07) is 7.66. The van der Waals surface area contributed by atoms with Crippen molar-refractivity contribution in [2.75, 3.05) is 0 Å². The highest BCUT2D eigenvalue weighted by molar-refractivity contribution is 5.39. The van der Waals surface area contributed by atoms with Crippen LogP contribution in [-0.4, -0.2) is 9.55 Å². The molecule has 20 heavy (non-hydrogen) atoms. The number of aromatic nitrogens is 2. The van der Waals surface area contributed by atoms with Crippen molar-refractivity contribution in [3.05, 3.63) is 53.9 Å². The van der Waals surface area contributed by atoms with Crippen LogP contribution >= 0.6 is 0 Å². The Morgan fingerprint density at radius 3 is 2.70 bits per heavy atom. The Hall–Kier alpha value is -2.08. The zero-order chi connectivity index (χ0) is 13.8. The minimum absolute atomic E-state index is 0.471. The van der Waals surface area contributed by atoms with Crippen molar-refractivity contribution in [3.63, 3.8) is 0 Å². The lowest BCUT2D eigenvalue weighted by Gasteiger charge is -2.24. The molecule has 2 aromatic heterocycles. The largest absolute Gasteiger partial charge is 0.338 e. The van der Waals surface area contributed by atoms with Gasteiger partial charge >= 0.3 is 0 Å². The number of pyridine rings is 1. The summed E-state index contributed by atoms with van der Waals surface area (Å²) < 4.78 is 15.0. The van der Waals surface area contributed by atoms with Crippen molar-refractivity contribution >= 4 is 0 Å². The van der Waals surface area contributed by atoms with Crippen LogP contribution in [0.3, 0.4) is 0 Å². The molecule has 0 atom stereocenters. The van der Waals surface area contributed by atoms with Crippen molar-refractivity contribution in [2.24, 2.45) is 0 Å². The van der Waals surface area contributed by atoms with Crippen molar-refractivity contribution in [1.82, 2.24) is 9.55 Å². The molecule has 0 spiro atoms. The first-order chi connectivity index (χ1) is 9.83. The third-order valence-corrected chi connectivity index (χ3v) is 3.81. The maximum absolute atomic E-state index is 12.7. The second kappa shape index (κ2) is 5.92. The molecule has 2 aromatic rings. The van der Waals surface area contributed by atoms with Crippen molar-refractivity contribution < 1.29 is 4.39 Å². The van der Waals surface area contributed by atoms with Crippen LogP contribution in [0, 0.1) is 17.8 Å². The van der Waals surface area contributed by atoms with Gasteiger partial charge in [0.25, 0.3) is 0 Å². The van der Waals surface area contributed by atoms with E-state index in [0.29, 0.717) is 6.04 Å². The van der Waals surface area contributed by atoms with Crippen LogP contribution in [0.1, 0.15) is 49.4 Å². The standard InChI is InChI=1S/C17H17FN2/c18-17-11-9-14(13-19-17)8-10-16-7-4-12-20(16)15-5-2-1-3-6-15/h4,7,9,11-13,15H,1-3,5-6H2. The Morgan fingerprint density at radius 1 is 1.10 bits per heavy atom. The quantitative estimate of drug-likeness (QED) is 0.566. The molecule has 2 heterocycles. The highest BCUT2D eigenvalue weighted by Gasteiger charge is 2.15. The Balaban J connectivity index is 1.81. The van der Waals surface area contributed by atoms with Crippen LogP contribution in [0.15, 0.2) is 36.7 Å². The van der Waals surface area contributed by atoms with Gasteiger partial charge in [-0.25, -0.2) is 4.98 Å². The fourth-order valence-corrected chi connectivity index (χ4v) is 2.76. The number of nitrogens with zero attached hydrogens (tertiary/aromatic N) is 2. The van der Waals surface area contributed by atoms with E-state index in [1.54, 1.807) is 6.07 Å². The Bertz CT molecular complexity index is 625. The van der Waals surface area contributed by atoms with Crippen LogP contribution in [0.2, 0.25) is 0 Å². The van der Waals surface area contributed by atoms with Crippen molar-refractivity contribution in [1.29, 1.82) is 0 Å². The van der Waals surface area contributed by atoms with E-state index < -0.39 is 5.95 Å². The van der Waals surface area contributed by atoms with E-state index in [9.17, 15) is 4.39 Å². The maximum Gasteiger partial charge on any atom is 0.212 e. The molecule has 0 aliphatic heterocycles. The van der Waals surface area contributed by atoms with Gasteiger partial charge in [-0.2, -0.15) is 4.39 Å². The monoisotopic (exact) mass is 268 g/mol. The fraction of sp³-hybridized carbons (Fsp3) is 0.353. The first-order valence-electron chi connectivity index (χ1n) is 7.13. The summed E-state index contributed by atoms with van der Waals surface area (Å²) in [7, 11) is 0. The topological polar surface area (TPSA) is 17.8 Å². The van der Waals surface area contributed by atoms with Gasteiger partial charge < -0.3 is 4.57 Å². The summed E-state index contributed by atoms with van der Waals surface area (Å²) in [6.45, 7) is 0. The van der Waals surface area contributed by atoms with Gasteiger partial charge in [0.15, 0.2) is 0 Å². The van der Waals surface area contributed by atoms with Crippen LogP contribution in [0.4, 0.5) is 4.39 Å². The van der Waals surface area contributed by atoms with E-state index in [1.165, 1.54) is 44.4 Å². The van der Waals surface area contributed by atoms with Gasteiger partial charge in [0.1, 0.15) is 0 Å². The molecule has 1 fully saturated rings. The minimum atomic E-state index is -0.471. The molecule has 0 saturated heterocycles. The Labute approximate surface area is 118 Å². The second-order valence-corrected chi connectivity index (χ2v) is 5.21. The predicted octanol–water partition coefficient (Wildman–Crippen LogP) is 3.93. The summed E-state index contributed by atoms with van der Waals surface area (Å²) in [5.41, 5.74) is 1.77. The van der Waals surface area contributed by atoms with Gasteiger partial charge in [-0.1, -0.05) is 25.2 Å². The average molecular weight is 268 g/mol. The van der Waals surface area contributed by atoms with E-state index in [-0.39, 0.29) is 0 Å². The number of halogens is 1. The molecule has 3 rings (SSSR count). The lowest BCUT2D eigenvalue weighted by Crippen LogP contribution is -2.13. The van der Waals surface area contributed by atoms with E-state index >= 15 is 0 Å². The normalized spacial score (nSPS) is 15.7. The van der Waals surface area contributed by atoms with E-state index in [2.05, 4.69) is 27.6 Å². The molecule has 0 bridgehead atoms. The third kappa shape index (κ3) is 2.91. The Kier molecular flexibility index (Phi) is 3.83. The molecule has 0 unspecified atom stereocenters. The summed E-state index contributed by atoms with van der Waals surface area (Å²) in [4.78, 5) is 3.62. The molecule has 0 radical (unpaired) electrons. The molecule has 2 nitrogen and oxygen atoms in total. The minimum Gasteiger partial charge on any atom is -0.338 e. The van der Waals surface area contributed by atoms with Gasteiger partial charge in [-0.15, -0.1) is 0 Å². The molecule has 0 N–H and O–H groups in total. The summed E-state index contributed by atoms with van der Waals surface area (Å²) >= 11 is 0. The number of hydrogen-bond acceptors (Lipinski definition) is 1. The zero-order valence-electron chi connectivity index (χ0n) is 11.3. The number of rotatable bonds is 1. The highest BCUT2D eigenvalue weighted by Crippen LogP contribution is 2.29. The summed E-state index contributed by atoms with van der Waals surface area (Å²) in [6.07, 6.45) is 10.0. The zero-order valence-corrected chi connectivity index (χ0v) is 11.3. The van der Waals surface area contributed by atoms with Crippen molar-refractivity contribution in [3.8, 4) is 11.8 Å². The number of hydrogen-bond donors (Lipinski definition) is 0. The predicted molar refractivity (Wildman–Crippen MR) is 76.7 cm³/mol. The maximum atomic E-state index is 12.7. The summed E-state index contributed by atoms with van der Waals surface area (Å²) in [5, 5.41) is 0. The lowest BCUT2D eigenvalue weighted by molar-refractivity contribution is 0.352. The van der Waals surface area contributed by atoms with E-state index in [4.69, 9.17) is 0 Å². The SMILES string of the molecule is Fc1ccc(C#Cc2cccn2C2CCCCC2)cn1. The highest BCUT2D eigenvalue weighted by atomic mass is 19.1. The smallest absolute Gasteiger partial charge is 0.212 e. The molecule has 1 saturated carbocycles. The van der Waals surface area contributed by atoms with Gasteiger partial charge in [0.05, 0.1) is 5.69 Å². The first-order valence-corrected chi connectivity index (χ1v) is 7.13. The van der Waals surface area contributed by atoms with Gasteiger partial charge in [-0.05, 0) is 43.0 Å². The van der Waals surface area contributed by atoms with Crippen LogP contribution in [-0.2, 0) is 0 Å². The summed E-state index contributed by atoms with van der Waals surface area (Å²) in [5.74, 6) is 5.76. The van der Waals surface area contributed by atoms with Gasteiger partial charge in [-0.3, -0.25) is 0 Å². The van der Waals surface area contributed by atoms with Gasteiger partial charge in [0.2, 0.25) is 5.95 Å².